The largest absolute Gasteiger partial charge is 0.356 e. The smallest absolute Gasteiger partial charge is 0.345 e. The number of guanidine groups is 1. The van der Waals surface area contributed by atoms with Crippen molar-refractivity contribution in [2.75, 3.05) is 20.1 Å². The number of aryl methyl sites for hydroxylation is 2. The molecule has 1 aliphatic heterocycles. The molecule has 122 valence electrons. The summed E-state index contributed by atoms with van der Waals surface area (Å²) in [5, 5.41) is 11.1. The molecule has 0 radical (unpaired) electrons. The Bertz CT molecular complexity index is 583. The fourth-order valence-electron chi connectivity index (χ4n) is 2.81. The van der Waals surface area contributed by atoms with Crippen LogP contribution in [0.25, 0.3) is 0 Å². The molecule has 22 heavy (non-hydrogen) atoms. The Morgan fingerprint density at radius 2 is 2.23 bits per heavy atom. The third-order valence-electron chi connectivity index (χ3n) is 4.35. The number of aromatic nitrogens is 3. The van der Waals surface area contributed by atoms with Crippen molar-refractivity contribution in [3.63, 3.8) is 0 Å². The van der Waals surface area contributed by atoms with Crippen molar-refractivity contribution in [2.24, 2.45) is 10.9 Å². The van der Waals surface area contributed by atoms with E-state index in [0.29, 0.717) is 6.54 Å². The van der Waals surface area contributed by atoms with Gasteiger partial charge in [0.1, 0.15) is 5.82 Å². The molecule has 1 saturated carbocycles. The van der Waals surface area contributed by atoms with Gasteiger partial charge in [-0.1, -0.05) is 0 Å². The molecule has 2 heterocycles. The van der Waals surface area contributed by atoms with Gasteiger partial charge >= 0.3 is 5.69 Å². The number of nitrogens with one attached hydrogen (secondary N) is 2. The van der Waals surface area contributed by atoms with Crippen molar-refractivity contribution in [1.29, 1.82) is 0 Å². The van der Waals surface area contributed by atoms with Gasteiger partial charge in [-0.2, -0.15) is 5.10 Å². The lowest BCUT2D eigenvalue weighted by Crippen LogP contribution is -2.39. The Labute approximate surface area is 130 Å². The average molecular weight is 306 g/mol. The summed E-state index contributed by atoms with van der Waals surface area (Å²) in [5.74, 6) is 2.63. The summed E-state index contributed by atoms with van der Waals surface area (Å²) in [5.41, 5.74) is 0.0472. The molecule has 0 atom stereocenters. The lowest BCUT2D eigenvalue weighted by atomic mass is 10.2. The van der Waals surface area contributed by atoms with E-state index in [1.807, 2.05) is 4.57 Å². The van der Waals surface area contributed by atoms with Crippen LogP contribution >= 0.6 is 0 Å². The number of hydrogen-bond acceptors (Lipinski definition) is 3. The maximum Gasteiger partial charge on any atom is 0.345 e. The number of fused-ring (bicyclic) bond motifs is 1. The summed E-state index contributed by atoms with van der Waals surface area (Å²) in [6.45, 7) is 3.28. The molecule has 7 heteroatoms. The lowest BCUT2D eigenvalue weighted by molar-refractivity contribution is 0.509. The first kappa shape index (κ1) is 15.1. The van der Waals surface area contributed by atoms with Crippen LogP contribution in [-0.2, 0) is 19.5 Å². The fourth-order valence-corrected chi connectivity index (χ4v) is 2.81. The van der Waals surface area contributed by atoms with Crippen LogP contribution in [0.15, 0.2) is 9.79 Å². The molecule has 0 aromatic carbocycles. The second-order valence-electron chi connectivity index (χ2n) is 6.21. The molecule has 7 nitrogen and oxygen atoms in total. The zero-order valence-corrected chi connectivity index (χ0v) is 13.3. The van der Waals surface area contributed by atoms with Crippen LogP contribution in [-0.4, -0.2) is 40.4 Å². The minimum Gasteiger partial charge on any atom is -0.356 e. The van der Waals surface area contributed by atoms with E-state index < -0.39 is 0 Å². The summed E-state index contributed by atoms with van der Waals surface area (Å²) >= 11 is 0. The van der Waals surface area contributed by atoms with Gasteiger partial charge in [-0.25, -0.2) is 9.48 Å². The lowest BCUT2D eigenvalue weighted by Gasteiger charge is -2.11. The summed E-state index contributed by atoms with van der Waals surface area (Å²) in [6.07, 6.45) is 6.68. The Morgan fingerprint density at radius 1 is 1.36 bits per heavy atom. The highest BCUT2D eigenvalue weighted by atomic mass is 16.2. The van der Waals surface area contributed by atoms with Gasteiger partial charge in [0.05, 0.1) is 0 Å². The molecule has 1 aliphatic carbocycles. The van der Waals surface area contributed by atoms with Gasteiger partial charge in [0, 0.05) is 39.6 Å². The highest BCUT2D eigenvalue weighted by Crippen LogP contribution is 2.27. The Morgan fingerprint density at radius 3 is 2.95 bits per heavy atom. The van der Waals surface area contributed by atoms with Crippen LogP contribution < -0.4 is 16.3 Å². The Kier molecular flexibility index (Phi) is 4.80. The highest BCUT2D eigenvalue weighted by Gasteiger charge is 2.21. The van der Waals surface area contributed by atoms with E-state index in [9.17, 15) is 4.79 Å². The van der Waals surface area contributed by atoms with E-state index in [4.69, 9.17) is 0 Å². The fraction of sp³-hybridized carbons (Fsp3) is 0.800. The van der Waals surface area contributed by atoms with Crippen LogP contribution in [0.5, 0.6) is 0 Å². The van der Waals surface area contributed by atoms with Crippen LogP contribution in [0.1, 0.15) is 37.9 Å². The predicted octanol–water partition coefficient (Wildman–Crippen LogP) is 0.346. The molecular formula is C15H26N6O. The van der Waals surface area contributed by atoms with Gasteiger partial charge < -0.3 is 10.6 Å². The summed E-state index contributed by atoms with van der Waals surface area (Å²) in [4.78, 5) is 16.4. The van der Waals surface area contributed by atoms with E-state index in [0.717, 1.165) is 63.0 Å². The molecule has 3 rings (SSSR count). The minimum absolute atomic E-state index is 0.0472. The Balaban J connectivity index is 1.42. The quantitative estimate of drug-likeness (QED) is 0.452. The third kappa shape index (κ3) is 3.69. The van der Waals surface area contributed by atoms with E-state index in [1.165, 1.54) is 12.8 Å². The normalized spacial score (nSPS) is 18.1. The average Bonchev–Trinajstić information content (AvgIpc) is 3.32. The van der Waals surface area contributed by atoms with Gasteiger partial charge in [0.15, 0.2) is 5.96 Å². The van der Waals surface area contributed by atoms with Gasteiger partial charge in [0.25, 0.3) is 0 Å². The van der Waals surface area contributed by atoms with Gasteiger partial charge in [-0.15, -0.1) is 0 Å². The summed E-state index contributed by atoms with van der Waals surface area (Å²) in [7, 11) is 1.79. The summed E-state index contributed by atoms with van der Waals surface area (Å²) in [6, 6.07) is 0. The third-order valence-corrected chi connectivity index (χ3v) is 4.35. The molecule has 1 aromatic heterocycles. The highest BCUT2D eigenvalue weighted by molar-refractivity contribution is 5.79. The van der Waals surface area contributed by atoms with Gasteiger partial charge in [-0.05, 0) is 38.0 Å². The zero-order chi connectivity index (χ0) is 15.4. The van der Waals surface area contributed by atoms with Crippen molar-refractivity contribution in [2.45, 2.75) is 51.6 Å². The predicted molar refractivity (Wildman–Crippen MR) is 86.1 cm³/mol. The SMILES string of the molecule is CN=C(NCCCn1nc2n(c1=O)CCCC2)NCC1CC1. The molecule has 0 saturated heterocycles. The minimum atomic E-state index is 0.0472. The standard InChI is InChI=1S/C15H26N6O/c1-16-14(18-11-12-6-7-12)17-8-4-10-21-15(22)20-9-3-2-5-13(20)19-21/h12H,2-11H2,1H3,(H2,16,17,18). The number of hydrogen-bond donors (Lipinski definition) is 2. The monoisotopic (exact) mass is 306 g/mol. The van der Waals surface area contributed by atoms with Crippen molar-refractivity contribution >= 4 is 5.96 Å². The number of rotatable bonds is 6. The number of nitrogens with zero attached hydrogens (tertiary/aromatic N) is 4. The second kappa shape index (κ2) is 6.98. The second-order valence-corrected chi connectivity index (χ2v) is 6.21. The van der Waals surface area contributed by atoms with Crippen LogP contribution in [0, 0.1) is 5.92 Å². The molecule has 2 aliphatic rings. The number of aliphatic imine (C=N–C) groups is 1. The maximum atomic E-state index is 12.2. The van der Waals surface area contributed by atoms with Crippen molar-refractivity contribution < 1.29 is 0 Å². The molecular weight excluding hydrogens is 280 g/mol. The molecule has 2 N–H and O–H groups in total. The van der Waals surface area contributed by atoms with Crippen LogP contribution in [0.2, 0.25) is 0 Å². The van der Waals surface area contributed by atoms with E-state index >= 15 is 0 Å². The molecule has 1 fully saturated rings. The molecule has 1 aromatic rings. The van der Waals surface area contributed by atoms with Crippen LogP contribution in [0.4, 0.5) is 0 Å². The van der Waals surface area contributed by atoms with Gasteiger partial charge in [0.2, 0.25) is 0 Å². The molecule has 0 bridgehead atoms. The van der Waals surface area contributed by atoms with Crippen molar-refractivity contribution in [1.82, 2.24) is 25.0 Å². The van der Waals surface area contributed by atoms with E-state index in [2.05, 4.69) is 20.7 Å². The summed E-state index contributed by atoms with van der Waals surface area (Å²) < 4.78 is 3.44. The van der Waals surface area contributed by atoms with E-state index in [1.54, 1.807) is 11.7 Å². The van der Waals surface area contributed by atoms with Gasteiger partial charge in [-0.3, -0.25) is 9.56 Å². The maximum absolute atomic E-state index is 12.2. The first-order valence-corrected chi connectivity index (χ1v) is 8.39. The van der Waals surface area contributed by atoms with Crippen LogP contribution in [0.3, 0.4) is 0 Å². The Hall–Kier alpha value is -1.79. The first-order valence-electron chi connectivity index (χ1n) is 8.39. The van der Waals surface area contributed by atoms with E-state index in [-0.39, 0.29) is 5.69 Å². The molecule has 0 amide bonds. The molecule has 0 spiro atoms. The topological polar surface area (TPSA) is 76.2 Å². The van der Waals surface area contributed by atoms with Crippen molar-refractivity contribution in [3.05, 3.63) is 16.3 Å². The first-order chi connectivity index (χ1) is 10.8. The molecule has 0 unspecified atom stereocenters. The van der Waals surface area contributed by atoms with Crippen molar-refractivity contribution in [3.8, 4) is 0 Å². The zero-order valence-electron chi connectivity index (χ0n) is 13.3.